The van der Waals surface area contributed by atoms with Gasteiger partial charge in [0.05, 0.1) is 10.9 Å². The van der Waals surface area contributed by atoms with Gasteiger partial charge in [-0.3, -0.25) is 9.59 Å². The summed E-state index contributed by atoms with van der Waals surface area (Å²) in [5, 5.41) is 23.0. The summed E-state index contributed by atoms with van der Waals surface area (Å²) in [6.45, 7) is 0.965. The molecular weight excluding hydrogens is 521 g/mol. The number of aromatic nitrogens is 2. The predicted octanol–water partition coefficient (Wildman–Crippen LogP) is 3.81. The van der Waals surface area contributed by atoms with Gasteiger partial charge in [0.25, 0.3) is 0 Å². The van der Waals surface area contributed by atoms with E-state index in [1.54, 1.807) is 17.0 Å². The van der Waals surface area contributed by atoms with E-state index in [1.165, 1.54) is 6.07 Å². The highest BCUT2D eigenvalue weighted by Gasteiger charge is 2.29. The molecule has 0 radical (unpaired) electrons. The summed E-state index contributed by atoms with van der Waals surface area (Å²) in [6, 6.07) is 13.9. The van der Waals surface area contributed by atoms with Crippen LogP contribution in [0, 0.1) is 11.7 Å². The van der Waals surface area contributed by atoms with Gasteiger partial charge in [0.2, 0.25) is 17.6 Å². The number of nitrogens with one attached hydrogen (secondary N) is 1. The molecule has 35 heavy (non-hydrogen) atoms. The minimum absolute atomic E-state index is 0.0339. The van der Waals surface area contributed by atoms with E-state index in [4.69, 9.17) is 4.63 Å². The van der Waals surface area contributed by atoms with Gasteiger partial charge in [-0.2, -0.15) is 0 Å². The molecule has 2 aromatic carbocycles. The standard InChI is InChI=1S/C24H23BrFN5O4/c25-18-12-16(6-7-19(18)26)13-20(28-34)22-23(30-35-29-22)27-24(33)17-8-10-31(11-9-17)21(32)14-15-4-2-1-3-5-15/h1-7,12,17,34H,8-11,13-14H2,(H,27,30,33). The number of piperidine rings is 1. The lowest BCUT2D eigenvalue weighted by Crippen LogP contribution is -2.42. The molecule has 1 saturated heterocycles. The van der Waals surface area contributed by atoms with E-state index in [9.17, 15) is 19.2 Å². The lowest BCUT2D eigenvalue weighted by molar-refractivity contribution is -0.133. The molecule has 2 heterocycles. The van der Waals surface area contributed by atoms with E-state index >= 15 is 0 Å². The van der Waals surface area contributed by atoms with Gasteiger partial charge in [-0.15, -0.1) is 0 Å². The van der Waals surface area contributed by atoms with Crippen molar-refractivity contribution in [3.8, 4) is 0 Å². The summed E-state index contributed by atoms with van der Waals surface area (Å²) in [4.78, 5) is 27.2. The second kappa shape index (κ2) is 11.2. The monoisotopic (exact) mass is 543 g/mol. The molecule has 2 N–H and O–H groups in total. The van der Waals surface area contributed by atoms with E-state index in [1.807, 2.05) is 30.3 Å². The van der Waals surface area contributed by atoms with Crippen LogP contribution in [0.15, 0.2) is 62.8 Å². The molecule has 0 aliphatic carbocycles. The minimum Gasteiger partial charge on any atom is -0.411 e. The van der Waals surface area contributed by atoms with Crippen LogP contribution >= 0.6 is 15.9 Å². The van der Waals surface area contributed by atoms with Crippen molar-refractivity contribution in [2.45, 2.75) is 25.7 Å². The summed E-state index contributed by atoms with van der Waals surface area (Å²) in [5.41, 5.74) is 1.79. The summed E-state index contributed by atoms with van der Waals surface area (Å²) in [6.07, 6.45) is 1.46. The Kier molecular flexibility index (Phi) is 7.86. The molecule has 182 valence electrons. The third kappa shape index (κ3) is 6.10. The molecule has 4 rings (SSSR count). The molecule has 0 bridgehead atoms. The Morgan fingerprint density at radius 1 is 1.11 bits per heavy atom. The van der Waals surface area contributed by atoms with Crippen molar-refractivity contribution in [2.75, 3.05) is 18.4 Å². The number of halogens is 2. The molecule has 3 aromatic rings. The van der Waals surface area contributed by atoms with Crippen molar-refractivity contribution in [3.05, 3.63) is 75.6 Å². The number of nitrogens with zero attached hydrogens (tertiary/aromatic N) is 4. The van der Waals surface area contributed by atoms with Crippen LogP contribution in [-0.2, 0) is 22.4 Å². The molecule has 0 unspecified atom stereocenters. The number of benzene rings is 2. The van der Waals surface area contributed by atoms with Crippen LogP contribution in [0.4, 0.5) is 10.2 Å². The zero-order valence-corrected chi connectivity index (χ0v) is 20.2. The Morgan fingerprint density at radius 2 is 1.86 bits per heavy atom. The fourth-order valence-corrected chi connectivity index (χ4v) is 4.39. The zero-order valence-electron chi connectivity index (χ0n) is 18.7. The summed E-state index contributed by atoms with van der Waals surface area (Å²) >= 11 is 3.12. The third-order valence-electron chi connectivity index (χ3n) is 5.90. The molecule has 2 amide bonds. The van der Waals surface area contributed by atoms with Crippen LogP contribution in [0.2, 0.25) is 0 Å². The molecule has 0 atom stereocenters. The highest BCUT2D eigenvalue weighted by atomic mass is 79.9. The van der Waals surface area contributed by atoms with Crippen LogP contribution in [0.3, 0.4) is 0 Å². The van der Waals surface area contributed by atoms with Gasteiger partial charge in [0.15, 0.2) is 5.69 Å². The molecule has 1 aliphatic rings. The van der Waals surface area contributed by atoms with Gasteiger partial charge in [-0.1, -0.05) is 41.6 Å². The number of amides is 2. The van der Waals surface area contributed by atoms with E-state index in [-0.39, 0.29) is 45.8 Å². The fourth-order valence-electron chi connectivity index (χ4n) is 3.96. The molecule has 1 aromatic heterocycles. The average Bonchev–Trinajstić information content (AvgIpc) is 3.33. The van der Waals surface area contributed by atoms with Crippen LogP contribution in [0.25, 0.3) is 0 Å². The van der Waals surface area contributed by atoms with Crippen molar-refractivity contribution in [1.29, 1.82) is 0 Å². The molecule has 0 saturated carbocycles. The molecule has 1 fully saturated rings. The van der Waals surface area contributed by atoms with Crippen molar-refractivity contribution < 1.29 is 23.8 Å². The second-order valence-electron chi connectivity index (χ2n) is 8.24. The van der Waals surface area contributed by atoms with Crippen LogP contribution in [0.5, 0.6) is 0 Å². The topological polar surface area (TPSA) is 121 Å². The van der Waals surface area contributed by atoms with Gasteiger partial charge in [-0.25, -0.2) is 9.02 Å². The zero-order chi connectivity index (χ0) is 24.8. The normalized spacial score (nSPS) is 14.7. The van der Waals surface area contributed by atoms with Crippen molar-refractivity contribution in [3.63, 3.8) is 0 Å². The maximum Gasteiger partial charge on any atom is 0.228 e. The van der Waals surface area contributed by atoms with E-state index < -0.39 is 5.82 Å². The lowest BCUT2D eigenvalue weighted by Gasteiger charge is -2.31. The van der Waals surface area contributed by atoms with Crippen LogP contribution < -0.4 is 5.32 Å². The van der Waals surface area contributed by atoms with E-state index in [0.717, 1.165) is 5.56 Å². The number of oxime groups is 1. The number of hydrogen-bond acceptors (Lipinski definition) is 7. The van der Waals surface area contributed by atoms with E-state index in [2.05, 4.69) is 36.7 Å². The number of likely N-dealkylation sites (tertiary alicyclic amines) is 1. The van der Waals surface area contributed by atoms with Gasteiger partial charge in [-0.05, 0) is 62.3 Å². The fraction of sp³-hybridized carbons (Fsp3) is 0.292. The molecule has 9 nitrogen and oxygen atoms in total. The predicted molar refractivity (Wildman–Crippen MR) is 129 cm³/mol. The first kappa shape index (κ1) is 24.5. The van der Waals surface area contributed by atoms with E-state index in [0.29, 0.717) is 37.9 Å². The molecule has 11 heteroatoms. The Labute approximate surface area is 209 Å². The molecule has 1 aliphatic heterocycles. The van der Waals surface area contributed by atoms with Gasteiger partial charge < -0.3 is 15.4 Å². The number of anilines is 1. The number of rotatable bonds is 7. The Balaban J connectivity index is 1.34. The molecular formula is C24H23BrFN5O4. The smallest absolute Gasteiger partial charge is 0.228 e. The number of carbonyl (C=O) groups excluding carboxylic acids is 2. The summed E-state index contributed by atoms with van der Waals surface area (Å²) in [7, 11) is 0. The number of hydrogen-bond donors (Lipinski definition) is 2. The largest absolute Gasteiger partial charge is 0.411 e. The Hall–Kier alpha value is -3.60. The highest BCUT2D eigenvalue weighted by molar-refractivity contribution is 9.10. The van der Waals surface area contributed by atoms with Crippen molar-refractivity contribution in [1.82, 2.24) is 15.2 Å². The highest BCUT2D eigenvalue weighted by Crippen LogP contribution is 2.23. The maximum absolute atomic E-state index is 13.5. The third-order valence-corrected chi connectivity index (χ3v) is 6.50. The van der Waals surface area contributed by atoms with Crippen molar-refractivity contribution in [2.24, 2.45) is 11.1 Å². The average molecular weight is 544 g/mol. The second-order valence-corrected chi connectivity index (χ2v) is 9.09. The number of carbonyl (C=O) groups is 2. The first-order valence-corrected chi connectivity index (χ1v) is 11.8. The van der Waals surface area contributed by atoms with Gasteiger partial charge >= 0.3 is 0 Å². The first-order valence-electron chi connectivity index (χ1n) is 11.0. The quantitative estimate of drug-likeness (QED) is 0.265. The van der Waals surface area contributed by atoms with Crippen molar-refractivity contribution >= 4 is 39.3 Å². The Bertz CT molecular complexity index is 1230. The lowest BCUT2D eigenvalue weighted by atomic mass is 9.95. The summed E-state index contributed by atoms with van der Waals surface area (Å²) < 4.78 is 18.6. The summed E-state index contributed by atoms with van der Waals surface area (Å²) in [5.74, 6) is -0.942. The minimum atomic E-state index is -0.417. The van der Waals surface area contributed by atoms with Crippen LogP contribution in [-0.4, -0.2) is 51.0 Å². The van der Waals surface area contributed by atoms with Gasteiger partial charge in [0, 0.05) is 25.4 Å². The van der Waals surface area contributed by atoms with Gasteiger partial charge in [0.1, 0.15) is 11.5 Å². The SMILES string of the molecule is O=C(Nc1nonc1C(Cc1ccc(F)c(Br)c1)=NO)C1CCN(C(=O)Cc2ccccc2)CC1. The Morgan fingerprint density at radius 3 is 2.54 bits per heavy atom. The molecule has 0 spiro atoms. The van der Waals surface area contributed by atoms with Crippen LogP contribution in [0.1, 0.15) is 29.7 Å². The maximum atomic E-state index is 13.5. The first-order chi connectivity index (χ1) is 16.9.